The van der Waals surface area contributed by atoms with Gasteiger partial charge in [-0.3, -0.25) is 0 Å². The molecular weight excluding hydrogens is 250 g/mol. The van der Waals surface area contributed by atoms with Crippen LogP contribution in [0, 0.1) is 0 Å². The van der Waals surface area contributed by atoms with Crippen molar-refractivity contribution >= 4 is 16.7 Å². The maximum atomic E-state index is 9.28. The number of imidazole rings is 1. The molecule has 0 bridgehead atoms. The van der Waals surface area contributed by atoms with Crippen molar-refractivity contribution in [3.05, 3.63) is 54.4 Å². The van der Waals surface area contributed by atoms with Crippen molar-refractivity contribution in [2.75, 3.05) is 5.32 Å². The van der Waals surface area contributed by atoms with E-state index in [9.17, 15) is 5.11 Å². The van der Waals surface area contributed by atoms with Gasteiger partial charge in [0.15, 0.2) is 0 Å². The molecule has 3 aromatic rings. The fraction of sp³-hybridized carbons (Fsp3) is 0.188. The van der Waals surface area contributed by atoms with Crippen molar-refractivity contribution in [1.29, 1.82) is 0 Å². The fourth-order valence-electron chi connectivity index (χ4n) is 2.37. The number of para-hydroxylation sites is 2. The van der Waals surface area contributed by atoms with Crippen molar-refractivity contribution in [3.63, 3.8) is 0 Å². The molecule has 102 valence electrons. The smallest absolute Gasteiger partial charge is 0.129 e. The molecule has 0 aliphatic heterocycles. The first-order chi connectivity index (χ1) is 9.78. The van der Waals surface area contributed by atoms with Crippen LogP contribution in [0.2, 0.25) is 0 Å². The van der Waals surface area contributed by atoms with Crippen LogP contribution in [0.1, 0.15) is 12.7 Å². The van der Waals surface area contributed by atoms with Gasteiger partial charge in [0, 0.05) is 12.2 Å². The maximum Gasteiger partial charge on any atom is 0.129 e. The van der Waals surface area contributed by atoms with E-state index >= 15 is 0 Å². The summed E-state index contributed by atoms with van der Waals surface area (Å²) in [4.78, 5) is 4.67. The van der Waals surface area contributed by atoms with E-state index in [1.807, 2.05) is 30.3 Å². The quantitative estimate of drug-likeness (QED) is 0.712. The lowest BCUT2D eigenvalue weighted by atomic mass is 10.3. The second-order valence-corrected chi connectivity index (χ2v) is 4.66. The van der Waals surface area contributed by atoms with Crippen molar-refractivity contribution in [2.24, 2.45) is 0 Å². The van der Waals surface area contributed by atoms with E-state index in [1.165, 1.54) is 0 Å². The van der Waals surface area contributed by atoms with Crippen molar-refractivity contribution in [1.82, 2.24) is 9.55 Å². The van der Waals surface area contributed by atoms with Crippen LogP contribution in [0.3, 0.4) is 0 Å². The number of aryl methyl sites for hydroxylation is 1. The summed E-state index contributed by atoms with van der Waals surface area (Å²) in [6, 6.07) is 15.2. The summed E-state index contributed by atoms with van der Waals surface area (Å²) in [7, 11) is 0. The predicted octanol–water partition coefficient (Wildman–Crippen LogP) is 3.37. The minimum Gasteiger partial charge on any atom is -0.508 e. The molecule has 0 saturated heterocycles. The van der Waals surface area contributed by atoms with Crippen molar-refractivity contribution in [2.45, 2.75) is 20.0 Å². The van der Waals surface area contributed by atoms with Crippen LogP contribution < -0.4 is 5.32 Å². The van der Waals surface area contributed by atoms with Gasteiger partial charge >= 0.3 is 0 Å². The molecule has 2 N–H and O–H groups in total. The summed E-state index contributed by atoms with van der Waals surface area (Å²) in [6.45, 7) is 3.68. The normalized spacial score (nSPS) is 10.8. The summed E-state index contributed by atoms with van der Waals surface area (Å²) < 4.78 is 2.21. The molecule has 3 rings (SSSR count). The SMILES string of the molecule is CCn1c(CNc2ccc(O)cc2)nc2ccccc21. The molecule has 0 spiro atoms. The fourth-order valence-corrected chi connectivity index (χ4v) is 2.37. The average molecular weight is 267 g/mol. The van der Waals surface area contributed by atoms with Gasteiger partial charge in [-0.15, -0.1) is 0 Å². The third-order valence-electron chi connectivity index (χ3n) is 3.37. The largest absolute Gasteiger partial charge is 0.508 e. The number of nitrogens with zero attached hydrogens (tertiary/aromatic N) is 2. The number of hydrogen-bond acceptors (Lipinski definition) is 3. The lowest BCUT2D eigenvalue weighted by Gasteiger charge is -2.08. The van der Waals surface area contributed by atoms with Crippen LogP contribution in [-0.4, -0.2) is 14.7 Å². The average Bonchev–Trinajstić information content (AvgIpc) is 2.84. The Bertz CT molecular complexity index is 716. The van der Waals surface area contributed by atoms with Crippen LogP contribution >= 0.6 is 0 Å². The Morgan fingerprint density at radius 3 is 2.60 bits per heavy atom. The molecule has 1 aromatic heterocycles. The van der Waals surface area contributed by atoms with Gasteiger partial charge in [0.2, 0.25) is 0 Å². The van der Waals surface area contributed by atoms with Gasteiger partial charge in [-0.25, -0.2) is 4.98 Å². The molecule has 1 heterocycles. The first-order valence-electron chi connectivity index (χ1n) is 6.75. The Balaban J connectivity index is 1.85. The molecule has 0 amide bonds. The van der Waals surface area contributed by atoms with Crippen LogP contribution in [0.5, 0.6) is 5.75 Å². The standard InChI is InChI=1S/C16H17N3O/c1-2-19-15-6-4-3-5-14(15)18-16(19)11-17-12-7-9-13(20)10-8-12/h3-10,17,20H,2,11H2,1H3. The molecule has 0 unspecified atom stereocenters. The summed E-state index contributed by atoms with van der Waals surface area (Å²) in [5.74, 6) is 1.29. The number of nitrogens with one attached hydrogen (secondary N) is 1. The number of aromatic nitrogens is 2. The van der Waals surface area contributed by atoms with E-state index in [2.05, 4.69) is 27.9 Å². The van der Waals surface area contributed by atoms with Gasteiger partial charge in [0.05, 0.1) is 17.6 Å². The topological polar surface area (TPSA) is 50.1 Å². The highest BCUT2D eigenvalue weighted by Crippen LogP contribution is 2.18. The van der Waals surface area contributed by atoms with E-state index < -0.39 is 0 Å². The number of phenols is 1. The Hall–Kier alpha value is -2.49. The van der Waals surface area contributed by atoms with Gasteiger partial charge in [0.25, 0.3) is 0 Å². The Morgan fingerprint density at radius 1 is 1.10 bits per heavy atom. The number of rotatable bonds is 4. The number of benzene rings is 2. The second kappa shape index (κ2) is 5.25. The highest BCUT2D eigenvalue weighted by molar-refractivity contribution is 5.75. The Labute approximate surface area is 117 Å². The third kappa shape index (κ3) is 2.32. The third-order valence-corrected chi connectivity index (χ3v) is 3.37. The number of hydrogen-bond donors (Lipinski definition) is 2. The lowest BCUT2D eigenvalue weighted by molar-refractivity contribution is 0.475. The summed E-state index contributed by atoms with van der Waals surface area (Å²) in [5, 5.41) is 12.6. The highest BCUT2D eigenvalue weighted by Gasteiger charge is 2.08. The molecule has 0 fully saturated rings. The molecule has 0 aliphatic carbocycles. The Morgan fingerprint density at radius 2 is 1.85 bits per heavy atom. The molecule has 0 radical (unpaired) electrons. The van der Waals surface area contributed by atoms with E-state index in [1.54, 1.807) is 12.1 Å². The van der Waals surface area contributed by atoms with E-state index in [4.69, 9.17) is 0 Å². The molecule has 0 atom stereocenters. The molecule has 20 heavy (non-hydrogen) atoms. The van der Waals surface area contributed by atoms with Gasteiger partial charge in [0.1, 0.15) is 11.6 Å². The molecular formula is C16H17N3O. The number of aromatic hydroxyl groups is 1. The van der Waals surface area contributed by atoms with Crippen LogP contribution in [0.15, 0.2) is 48.5 Å². The van der Waals surface area contributed by atoms with Gasteiger partial charge in [-0.05, 0) is 43.3 Å². The summed E-state index contributed by atoms with van der Waals surface area (Å²) in [6.07, 6.45) is 0. The number of anilines is 1. The monoisotopic (exact) mass is 267 g/mol. The van der Waals surface area contributed by atoms with Crippen LogP contribution in [-0.2, 0) is 13.1 Å². The second-order valence-electron chi connectivity index (χ2n) is 4.66. The van der Waals surface area contributed by atoms with E-state index in [-0.39, 0.29) is 5.75 Å². The Kier molecular flexibility index (Phi) is 3.29. The van der Waals surface area contributed by atoms with E-state index in [0.717, 1.165) is 29.1 Å². The maximum absolute atomic E-state index is 9.28. The summed E-state index contributed by atoms with van der Waals surface area (Å²) in [5.41, 5.74) is 3.16. The molecule has 2 aromatic carbocycles. The van der Waals surface area contributed by atoms with Gasteiger partial charge < -0.3 is 15.0 Å². The van der Waals surface area contributed by atoms with Crippen LogP contribution in [0.25, 0.3) is 11.0 Å². The van der Waals surface area contributed by atoms with E-state index in [0.29, 0.717) is 6.54 Å². The van der Waals surface area contributed by atoms with Gasteiger partial charge in [-0.2, -0.15) is 0 Å². The number of phenolic OH excluding ortho intramolecular Hbond substituents is 1. The minimum absolute atomic E-state index is 0.274. The predicted molar refractivity (Wildman–Crippen MR) is 80.8 cm³/mol. The zero-order chi connectivity index (χ0) is 13.9. The molecule has 0 aliphatic rings. The molecule has 4 nitrogen and oxygen atoms in total. The molecule has 4 heteroatoms. The lowest BCUT2D eigenvalue weighted by Crippen LogP contribution is -2.07. The highest BCUT2D eigenvalue weighted by atomic mass is 16.3. The van der Waals surface area contributed by atoms with Crippen LogP contribution in [0.4, 0.5) is 5.69 Å². The van der Waals surface area contributed by atoms with Crippen molar-refractivity contribution in [3.8, 4) is 5.75 Å². The van der Waals surface area contributed by atoms with Gasteiger partial charge in [-0.1, -0.05) is 12.1 Å². The summed E-state index contributed by atoms with van der Waals surface area (Å²) >= 11 is 0. The first-order valence-corrected chi connectivity index (χ1v) is 6.75. The molecule has 0 saturated carbocycles. The zero-order valence-electron chi connectivity index (χ0n) is 11.4. The zero-order valence-corrected chi connectivity index (χ0v) is 11.4. The van der Waals surface area contributed by atoms with Crippen molar-refractivity contribution < 1.29 is 5.11 Å². The first kappa shape index (κ1) is 12.5. The minimum atomic E-state index is 0.274. The number of fused-ring (bicyclic) bond motifs is 1.